The van der Waals surface area contributed by atoms with Crippen molar-refractivity contribution in [3.05, 3.63) is 59.1 Å². The molecule has 3 N–H and O–H groups in total. The lowest BCUT2D eigenvalue weighted by molar-refractivity contribution is -0.137. The fourth-order valence-electron chi connectivity index (χ4n) is 4.64. The van der Waals surface area contributed by atoms with Crippen molar-refractivity contribution in [3.63, 3.8) is 0 Å². The van der Waals surface area contributed by atoms with Crippen LogP contribution < -0.4 is 9.62 Å². The van der Waals surface area contributed by atoms with Gasteiger partial charge in [-0.25, -0.2) is 13.1 Å². The number of anilines is 1. The Kier molecular flexibility index (Phi) is 8.15. The monoisotopic (exact) mass is 549 g/mol. The van der Waals surface area contributed by atoms with Crippen LogP contribution in [0.4, 0.5) is 18.9 Å². The molecule has 0 aromatic heterocycles. The second kappa shape index (κ2) is 10.8. The van der Waals surface area contributed by atoms with E-state index in [0.29, 0.717) is 36.9 Å². The van der Waals surface area contributed by atoms with Gasteiger partial charge in [0.15, 0.2) is 0 Å². The first-order chi connectivity index (χ1) is 17.0. The van der Waals surface area contributed by atoms with Crippen molar-refractivity contribution in [2.45, 2.75) is 35.4 Å². The molecule has 0 bridgehead atoms. The Morgan fingerprint density at radius 2 is 1.72 bits per heavy atom. The number of nitrogens with one attached hydrogen (secondary N) is 1. The molecule has 0 radical (unpaired) electrons. The van der Waals surface area contributed by atoms with Crippen LogP contribution in [0.1, 0.15) is 5.56 Å². The van der Waals surface area contributed by atoms with Gasteiger partial charge in [-0.1, -0.05) is 17.7 Å². The van der Waals surface area contributed by atoms with Gasteiger partial charge in [-0.3, -0.25) is 4.90 Å². The summed E-state index contributed by atoms with van der Waals surface area (Å²) in [5, 5.41) is 20.8. The predicted octanol–water partition coefficient (Wildman–Crippen LogP) is 1.95. The second-order valence-corrected chi connectivity index (χ2v) is 11.0. The number of benzene rings is 2. The second-order valence-electron chi connectivity index (χ2n) is 8.75. The molecule has 0 saturated carbocycles. The molecular formula is C23H27ClF3N3O5S. The van der Waals surface area contributed by atoms with Gasteiger partial charge in [-0.15, -0.1) is 0 Å². The van der Waals surface area contributed by atoms with Gasteiger partial charge in [0.1, 0.15) is 12.2 Å². The van der Waals surface area contributed by atoms with Gasteiger partial charge in [-0.2, -0.15) is 13.2 Å². The average Bonchev–Trinajstić information content (AvgIpc) is 3.18. The number of hydrogen-bond acceptors (Lipinski definition) is 7. The zero-order chi connectivity index (χ0) is 26.1. The highest BCUT2D eigenvalue weighted by molar-refractivity contribution is 7.89. The number of aliphatic hydroxyl groups excluding tert-OH is 2. The van der Waals surface area contributed by atoms with Crippen molar-refractivity contribution in [2.24, 2.45) is 0 Å². The third-order valence-corrected chi connectivity index (χ3v) is 8.21. The minimum Gasteiger partial charge on any atom is -0.394 e. The molecule has 2 aromatic rings. The topological polar surface area (TPSA) is 102 Å². The molecule has 2 aliphatic rings. The Hall–Kier alpha value is -1.93. The number of ether oxygens (including phenoxy) is 1. The summed E-state index contributed by atoms with van der Waals surface area (Å²) in [6.45, 7) is 1.02. The minimum absolute atomic E-state index is 0.0235. The molecule has 2 aliphatic heterocycles. The maximum absolute atomic E-state index is 13.1. The van der Waals surface area contributed by atoms with Crippen LogP contribution in [0.5, 0.6) is 0 Å². The van der Waals surface area contributed by atoms with E-state index in [2.05, 4.69) is 4.72 Å². The van der Waals surface area contributed by atoms with Crippen molar-refractivity contribution < 1.29 is 36.5 Å². The number of rotatable bonds is 7. The van der Waals surface area contributed by atoms with Crippen molar-refractivity contribution in [1.82, 2.24) is 9.62 Å². The maximum atomic E-state index is 13.1. The molecule has 8 nitrogen and oxygen atoms in total. The molecular weight excluding hydrogens is 523 g/mol. The largest absolute Gasteiger partial charge is 0.416 e. The van der Waals surface area contributed by atoms with Crippen LogP contribution in [0.25, 0.3) is 0 Å². The fraction of sp³-hybridized carbons (Fsp3) is 0.478. The first-order valence-electron chi connectivity index (χ1n) is 11.4. The summed E-state index contributed by atoms with van der Waals surface area (Å²) in [4.78, 5) is 3.77. The van der Waals surface area contributed by atoms with Crippen LogP contribution in [-0.4, -0.2) is 87.2 Å². The van der Waals surface area contributed by atoms with Crippen LogP contribution in [0.3, 0.4) is 0 Å². The van der Waals surface area contributed by atoms with E-state index in [0.717, 1.165) is 12.1 Å². The van der Waals surface area contributed by atoms with Crippen LogP contribution >= 0.6 is 11.6 Å². The van der Waals surface area contributed by atoms with Crippen molar-refractivity contribution >= 4 is 27.3 Å². The van der Waals surface area contributed by atoms with Gasteiger partial charge < -0.3 is 19.8 Å². The molecule has 2 saturated heterocycles. The third kappa shape index (κ3) is 5.96. The van der Waals surface area contributed by atoms with Gasteiger partial charge in [0.25, 0.3) is 0 Å². The lowest BCUT2D eigenvalue weighted by Gasteiger charge is -2.41. The molecule has 2 heterocycles. The average molecular weight is 550 g/mol. The standard InChI is InChI=1S/C23H27ClF3N3O5S/c24-16-4-6-18(7-5-16)36(33,34)28-13-19-21(22(32)20(14-31)35-19)30-10-8-29(9-11-30)17-3-1-2-15(12-17)23(25,26)27/h1-7,12,19-22,28,31-32H,8-11,13-14H2/t19-,20+,21+,22-/m1/s1. The molecule has 4 rings (SSSR count). The molecule has 2 fully saturated rings. The Morgan fingerprint density at radius 3 is 2.33 bits per heavy atom. The van der Waals surface area contributed by atoms with Gasteiger partial charge in [0.2, 0.25) is 10.0 Å². The maximum Gasteiger partial charge on any atom is 0.416 e. The van der Waals surface area contributed by atoms with Crippen LogP contribution in [-0.2, 0) is 20.9 Å². The smallest absolute Gasteiger partial charge is 0.394 e. The Morgan fingerprint density at radius 1 is 1.06 bits per heavy atom. The summed E-state index contributed by atoms with van der Waals surface area (Å²) in [5.74, 6) is 0. The normalized spacial score (nSPS) is 25.9. The number of sulfonamides is 1. The molecule has 0 unspecified atom stereocenters. The van der Waals surface area contributed by atoms with E-state index in [-0.39, 0.29) is 11.4 Å². The number of hydrogen-bond donors (Lipinski definition) is 3. The lowest BCUT2D eigenvalue weighted by atomic mass is 10.0. The van der Waals surface area contributed by atoms with Crippen LogP contribution in [0, 0.1) is 0 Å². The first kappa shape index (κ1) is 27.1. The summed E-state index contributed by atoms with van der Waals surface area (Å²) < 4.78 is 72.9. The van der Waals surface area contributed by atoms with E-state index in [4.69, 9.17) is 16.3 Å². The van der Waals surface area contributed by atoms with E-state index < -0.39 is 52.7 Å². The van der Waals surface area contributed by atoms with Gasteiger partial charge in [0.05, 0.1) is 29.2 Å². The number of nitrogens with zero attached hydrogens (tertiary/aromatic N) is 2. The summed E-state index contributed by atoms with van der Waals surface area (Å²) >= 11 is 5.83. The zero-order valence-corrected chi connectivity index (χ0v) is 20.7. The quantitative estimate of drug-likeness (QED) is 0.485. The SMILES string of the molecule is O=S(=O)(NC[C@H]1O[C@@H](CO)[C@@H](O)[C@H]1N1CCN(c2cccc(C(F)(F)F)c2)CC1)c1ccc(Cl)cc1. The van der Waals surface area contributed by atoms with Gasteiger partial charge >= 0.3 is 6.18 Å². The van der Waals surface area contributed by atoms with Crippen molar-refractivity contribution in [2.75, 3.05) is 44.2 Å². The van der Waals surface area contributed by atoms with Crippen molar-refractivity contribution in [1.29, 1.82) is 0 Å². The summed E-state index contributed by atoms with van der Waals surface area (Å²) in [7, 11) is -3.87. The Labute approximate surface area is 212 Å². The zero-order valence-electron chi connectivity index (χ0n) is 19.1. The minimum atomic E-state index is -4.44. The molecule has 2 aromatic carbocycles. The van der Waals surface area contributed by atoms with E-state index >= 15 is 0 Å². The molecule has 13 heteroatoms. The molecule has 198 valence electrons. The Balaban J connectivity index is 1.43. The van der Waals surface area contributed by atoms with Crippen LogP contribution in [0.2, 0.25) is 5.02 Å². The molecule has 36 heavy (non-hydrogen) atoms. The summed E-state index contributed by atoms with van der Waals surface area (Å²) in [6.07, 6.45) is -7.14. The summed E-state index contributed by atoms with van der Waals surface area (Å²) in [5.41, 5.74) is -0.269. The summed E-state index contributed by atoms with van der Waals surface area (Å²) in [6, 6.07) is 10.2. The van der Waals surface area contributed by atoms with Gasteiger partial charge in [-0.05, 0) is 42.5 Å². The molecule has 4 atom stereocenters. The highest BCUT2D eigenvalue weighted by Crippen LogP contribution is 2.33. The molecule has 0 aliphatic carbocycles. The first-order valence-corrected chi connectivity index (χ1v) is 13.2. The number of alkyl halides is 3. The lowest BCUT2D eigenvalue weighted by Crippen LogP contribution is -2.57. The highest BCUT2D eigenvalue weighted by atomic mass is 35.5. The number of halogens is 4. The van der Waals surface area contributed by atoms with E-state index in [1.54, 1.807) is 6.07 Å². The number of piperazine rings is 1. The highest BCUT2D eigenvalue weighted by Gasteiger charge is 2.47. The molecule has 0 spiro atoms. The predicted molar refractivity (Wildman–Crippen MR) is 127 cm³/mol. The van der Waals surface area contributed by atoms with E-state index in [1.807, 2.05) is 9.80 Å². The number of aliphatic hydroxyl groups is 2. The third-order valence-electron chi connectivity index (χ3n) is 6.51. The van der Waals surface area contributed by atoms with Gasteiger partial charge in [0, 0.05) is 43.4 Å². The van der Waals surface area contributed by atoms with Crippen molar-refractivity contribution in [3.8, 4) is 0 Å². The molecule has 0 amide bonds. The van der Waals surface area contributed by atoms with E-state index in [1.165, 1.54) is 30.3 Å². The fourth-order valence-corrected chi connectivity index (χ4v) is 5.81. The van der Waals surface area contributed by atoms with Crippen LogP contribution in [0.15, 0.2) is 53.4 Å². The Bertz CT molecular complexity index is 1140. The van der Waals surface area contributed by atoms with E-state index in [9.17, 15) is 31.8 Å².